The highest BCUT2D eigenvalue weighted by molar-refractivity contribution is 7.89. The molecule has 0 spiro atoms. The summed E-state index contributed by atoms with van der Waals surface area (Å²) in [6.45, 7) is 1.51. The molecule has 0 aliphatic heterocycles. The lowest BCUT2D eigenvalue weighted by molar-refractivity contribution is -0.141. The lowest BCUT2D eigenvalue weighted by Gasteiger charge is -2.10. The van der Waals surface area contributed by atoms with Crippen molar-refractivity contribution in [2.75, 3.05) is 13.7 Å². The van der Waals surface area contributed by atoms with Crippen LogP contribution in [-0.4, -0.2) is 31.9 Å². The van der Waals surface area contributed by atoms with E-state index in [1.165, 1.54) is 19.2 Å². The molecule has 2 rings (SSSR count). The largest absolute Gasteiger partial charge is 0.497 e. The Hall–Kier alpha value is -2.07. The maximum absolute atomic E-state index is 12.4. The van der Waals surface area contributed by atoms with Gasteiger partial charge in [-0.25, -0.2) is 13.1 Å². The lowest BCUT2D eigenvalue weighted by atomic mass is 10.2. The van der Waals surface area contributed by atoms with Crippen LogP contribution < -0.4 is 9.46 Å². The first-order valence-electron chi connectivity index (χ1n) is 6.88. The fraction of sp³-hybridized carbons (Fsp3) is 0.357. The van der Waals surface area contributed by atoms with Crippen molar-refractivity contribution in [1.29, 1.82) is 0 Å². The number of alkyl halides is 3. The molecule has 0 saturated heterocycles. The van der Waals surface area contributed by atoms with Gasteiger partial charge in [0, 0.05) is 12.7 Å². The number of ether oxygens (including phenoxy) is 1. The first-order chi connectivity index (χ1) is 11.1. The van der Waals surface area contributed by atoms with Crippen LogP contribution in [0.15, 0.2) is 35.4 Å². The van der Waals surface area contributed by atoms with Gasteiger partial charge in [-0.1, -0.05) is 0 Å². The van der Waals surface area contributed by atoms with Crippen LogP contribution in [0.3, 0.4) is 0 Å². The molecule has 1 heterocycles. The minimum atomic E-state index is -4.52. The van der Waals surface area contributed by atoms with Gasteiger partial charge in [0.05, 0.1) is 18.6 Å². The molecule has 1 N–H and O–H groups in total. The molecular formula is C14H16F3N3O3S. The van der Waals surface area contributed by atoms with Crippen LogP contribution in [0.5, 0.6) is 5.75 Å². The lowest BCUT2D eigenvalue weighted by Crippen LogP contribution is -2.28. The van der Waals surface area contributed by atoms with Crippen LogP contribution in [0.4, 0.5) is 13.2 Å². The van der Waals surface area contributed by atoms with E-state index in [4.69, 9.17) is 4.74 Å². The van der Waals surface area contributed by atoms with Crippen LogP contribution in [-0.2, 0) is 22.7 Å². The first-order valence-corrected chi connectivity index (χ1v) is 8.37. The Kier molecular flexibility index (Phi) is 5.19. The van der Waals surface area contributed by atoms with Crippen LogP contribution >= 0.6 is 0 Å². The molecule has 0 aliphatic rings. The van der Waals surface area contributed by atoms with Crippen LogP contribution in [0.2, 0.25) is 0 Å². The molecule has 1 aromatic carbocycles. The maximum atomic E-state index is 12.4. The van der Waals surface area contributed by atoms with Gasteiger partial charge in [-0.2, -0.15) is 18.3 Å². The Morgan fingerprint density at radius 3 is 2.54 bits per heavy atom. The number of sulfonamides is 1. The molecule has 0 amide bonds. The number of halogens is 3. The molecule has 6 nitrogen and oxygen atoms in total. The van der Waals surface area contributed by atoms with Crippen molar-refractivity contribution in [2.24, 2.45) is 0 Å². The van der Waals surface area contributed by atoms with E-state index in [0.717, 1.165) is 16.9 Å². The second kappa shape index (κ2) is 6.81. The average molecular weight is 363 g/mol. The standard InChI is InChI=1S/C14H16F3N3O3S/c1-10-9-11(23-2)3-4-12(10)24(21,22)18-6-8-20-7-5-13(19-20)14(15,16)17/h3-5,7,9,18H,6,8H2,1-2H3. The summed E-state index contributed by atoms with van der Waals surface area (Å²) >= 11 is 0. The van der Waals surface area contributed by atoms with Crippen LogP contribution in [0, 0.1) is 6.92 Å². The summed E-state index contributed by atoms with van der Waals surface area (Å²) in [6.07, 6.45) is -3.37. The van der Waals surface area contributed by atoms with E-state index >= 15 is 0 Å². The topological polar surface area (TPSA) is 73.2 Å². The van der Waals surface area contributed by atoms with E-state index < -0.39 is 21.9 Å². The van der Waals surface area contributed by atoms with E-state index in [1.54, 1.807) is 13.0 Å². The smallest absolute Gasteiger partial charge is 0.435 e. The molecule has 24 heavy (non-hydrogen) atoms. The van der Waals surface area contributed by atoms with Crippen LogP contribution in [0.25, 0.3) is 0 Å². The zero-order valence-corrected chi connectivity index (χ0v) is 13.8. The van der Waals surface area contributed by atoms with E-state index in [9.17, 15) is 21.6 Å². The average Bonchev–Trinajstić information content (AvgIpc) is 2.95. The normalized spacial score (nSPS) is 12.4. The highest BCUT2D eigenvalue weighted by atomic mass is 32.2. The summed E-state index contributed by atoms with van der Waals surface area (Å²) in [5, 5.41) is 3.35. The Morgan fingerprint density at radius 1 is 1.29 bits per heavy atom. The minimum Gasteiger partial charge on any atom is -0.497 e. The first kappa shape index (κ1) is 18.3. The zero-order chi connectivity index (χ0) is 18.0. The minimum absolute atomic E-state index is 0.0233. The number of methoxy groups -OCH3 is 1. The van der Waals surface area contributed by atoms with Crippen molar-refractivity contribution in [1.82, 2.24) is 14.5 Å². The Bertz CT molecular complexity index is 816. The van der Waals surface area contributed by atoms with Crippen molar-refractivity contribution in [3.05, 3.63) is 41.7 Å². The van der Waals surface area contributed by atoms with Gasteiger partial charge in [0.1, 0.15) is 5.75 Å². The fourth-order valence-electron chi connectivity index (χ4n) is 2.06. The quantitative estimate of drug-likeness (QED) is 0.854. The number of benzene rings is 1. The summed E-state index contributed by atoms with van der Waals surface area (Å²) in [6, 6.07) is 5.34. The Balaban J connectivity index is 2.02. The van der Waals surface area contributed by atoms with Gasteiger partial charge >= 0.3 is 6.18 Å². The third-order valence-corrected chi connectivity index (χ3v) is 4.86. The number of hydrogen-bond donors (Lipinski definition) is 1. The van der Waals surface area contributed by atoms with Crippen LogP contribution in [0.1, 0.15) is 11.3 Å². The molecule has 0 bridgehead atoms. The van der Waals surface area contributed by atoms with Gasteiger partial charge in [-0.3, -0.25) is 4.68 Å². The number of nitrogens with zero attached hydrogens (tertiary/aromatic N) is 2. The molecule has 0 aliphatic carbocycles. The fourth-order valence-corrected chi connectivity index (χ4v) is 3.31. The molecule has 10 heteroatoms. The molecule has 0 unspecified atom stereocenters. The predicted octanol–water partition coefficient (Wildman–Crippen LogP) is 2.20. The van der Waals surface area contributed by atoms with Crippen molar-refractivity contribution in [3.63, 3.8) is 0 Å². The number of aryl methyl sites for hydroxylation is 1. The highest BCUT2D eigenvalue weighted by Crippen LogP contribution is 2.27. The van der Waals surface area contributed by atoms with E-state index in [1.807, 2.05) is 0 Å². The predicted molar refractivity (Wildman–Crippen MR) is 80.1 cm³/mol. The molecule has 0 saturated carbocycles. The number of rotatable bonds is 6. The second-order valence-electron chi connectivity index (χ2n) is 4.99. The summed E-state index contributed by atoms with van der Waals surface area (Å²) < 4.78 is 70.2. The molecule has 0 radical (unpaired) electrons. The third-order valence-electron chi connectivity index (χ3n) is 3.24. The molecule has 0 fully saturated rings. The van der Waals surface area contributed by atoms with Crippen molar-refractivity contribution >= 4 is 10.0 Å². The Morgan fingerprint density at radius 2 is 2.00 bits per heavy atom. The van der Waals surface area contributed by atoms with Gasteiger partial charge in [0.2, 0.25) is 10.0 Å². The summed E-state index contributed by atoms with van der Waals surface area (Å²) in [5.74, 6) is 0.530. The van der Waals surface area contributed by atoms with Crippen molar-refractivity contribution in [2.45, 2.75) is 24.5 Å². The van der Waals surface area contributed by atoms with Gasteiger partial charge < -0.3 is 4.74 Å². The molecular weight excluding hydrogens is 347 g/mol. The second-order valence-corrected chi connectivity index (χ2v) is 6.73. The van der Waals surface area contributed by atoms with E-state index in [-0.39, 0.29) is 18.0 Å². The monoisotopic (exact) mass is 363 g/mol. The van der Waals surface area contributed by atoms with Gasteiger partial charge in [0.15, 0.2) is 5.69 Å². The molecule has 2 aromatic rings. The maximum Gasteiger partial charge on any atom is 0.435 e. The third kappa shape index (κ3) is 4.26. The SMILES string of the molecule is COc1ccc(S(=O)(=O)NCCn2ccc(C(F)(F)F)n2)c(C)c1. The number of hydrogen-bond acceptors (Lipinski definition) is 4. The molecule has 0 atom stereocenters. The molecule has 132 valence electrons. The number of aromatic nitrogens is 2. The van der Waals surface area contributed by atoms with Gasteiger partial charge in [0.25, 0.3) is 0 Å². The summed E-state index contributed by atoms with van der Waals surface area (Å²) in [4.78, 5) is 0.0831. The zero-order valence-electron chi connectivity index (χ0n) is 13.0. The van der Waals surface area contributed by atoms with Crippen molar-refractivity contribution in [3.8, 4) is 5.75 Å². The van der Waals surface area contributed by atoms with Gasteiger partial charge in [-0.15, -0.1) is 0 Å². The van der Waals surface area contributed by atoms with Crippen molar-refractivity contribution < 1.29 is 26.3 Å². The summed E-state index contributed by atoms with van der Waals surface area (Å²) in [7, 11) is -2.30. The van der Waals surface area contributed by atoms with E-state index in [2.05, 4.69) is 9.82 Å². The highest BCUT2D eigenvalue weighted by Gasteiger charge is 2.33. The van der Waals surface area contributed by atoms with E-state index in [0.29, 0.717) is 11.3 Å². The number of nitrogens with one attached hydrogen (secondary N) is 1. The van der Waals surface area contributed by atoms with Gasteiger partial charge in [-0.05, 0) is 36.8 Å². The molecule has 1 aromatic heterocycles. The Labute approximate surface area is 137 Å². The summed E-state index contributed by atoms with van der Waals surface area (Å²) in [5.41, 5.74) is -0.517.